The first-order valence-corrected chi connectivity index (χ1v) is 8.45. The number of hydrogen-bond donors (Lipinski definition) is 2. The topological polar surface area (TPSA) is 72.2 Å². The number of benzene rings is 1. The van der Waals surface area contributed by atoms with Gasteiger partial charge in [0.1, 0.15) is 0 Å². The summed E-state index contributed by atoms with van der Waals surface area (Å²) in [5.74, 6) is 5.61. The molecule has 1 aromatic carbocycles. The van der Waals surface area contributed by atoms with Crippen LogP contribution in [0.25, 0.3) is 0 Å². The van der Waals surface area contributed by atoms with Gasteiger partial charge in [0.2, 0.25) is 0 Å². The predicted molar refractivity (Wildman–Crippen MR) is 77.8 cm³/mol. The molecule has 4 nitrogen and oxygen atoms in total. The van der Waals surface area contributed by atoms with Gasteiger partial charge in [-0.1, -0.05) is 12.1 Å². The van der Waals surface area contributed by atoms with E-state index >= 15 is 0 Å². The van der Waals surface area contributed by atoms with Gasteiger partial charge >= 0.3 is 0 Å². The maximum atomic E-state index is 11.4. The first-order valence-electron chi connectivity index (χ1n) is 5.74. The Morgan fingerprint density at radius 1 is 1.16 bits per heavy atom. The molecule has 0 saturated carbocycles. The highest BCUT2D eigenvalue weighted by atomic mass is 32.2. The standard InChI is InChI=1S/C13H16N2O2S2/c1-9-3-8-12(18-9)13(15-14)10-4-6-11(7-5-10)19(2,16)17/h3-8,13,15H,14H2,1-2H3. The van der Waals surface area contributed by atoms with Gasteiger partial charge in [-0.15, -0.1) is 11.3 Å². The molecule has 2 rings (SSSR count). The number of nitrogens with two attached hydrogens (primary N) is 1. The van der Waals surface area contributed by atoms with E-state index in [0.29, 0.717) is 4.90 Å². The molecular formula is C13H16N2O2S2. The highest BCUT2D eigenvalue weighted by molar-refractivity contribution is 7.90. The van der Waals surface area contributed by atoms with E-state index in [1.54, 1.807) is 35.6 Å². The van der Waals surface area contributed by atoms with Crippen LogP contribution in [0.2, 0.25) is 0 Å². The van der Waals surface area contributed by atoms with Crippen molar-refractivity contribution in [2.75, 3.05) is 6.26 Å². The second kappa shape index (κ2) is 5.42. The zero-order valence-corrected chi connectivity index (χ0v) is 12.4. The van der Waals surface area contributed by atoms with Gasteiger partial charge in [0, 0.05) is 16.0 Å². The smallest absolute Gasteiger partial charge is 0.175 e. The van der Waals surface area contributed by atoms with Gasteiger partial charge in [-0.3, -0.25) is 5.84 Å². The van der Waals surface area contributed by atoms with E-state index in [-0.39, 0.29) is 6.04 Å². The lowest BCUT2D eigenvalue weighted by Gasteiger charge is -2.15. The van der Waals surface area contributed by atoms with Crippen LogP contribution in [0.4, 0.5) is 0 Å². The van der Waals surface area contributed by atoms with Crippen LogP contribution >= 0.6 is 11.3 Å². The third-order valence-electron chi connectivity index (χ3n) is 2.85. The Labute approximate surface area is 117 Å². The Morgan fingerprint density at radius 3 is 2.21 bits per heavy atom. The van der Waals surface area contributed by atoms with Crippen LogP contribution in [0.5, 0.6) is 0 Å². The minimum atomic E-state index is -3.16. The van der Waals surface area contributed by atoms with Crippen molar-refractivity contribution in [2.45, 2.75) is 17.9 Å². The molecule has 0 aliphatic carbocycles. The molecular weight excluding hydrogens is 280 g/mol. The summed E-state index contributed by atoms with van der Waals surface area (Å²) in [4.78, 5) is 2.63. The third kappa shape index (κ3) is 3.22. The number of sulfone groups is 1. The second-order valence-electron chi connectivity index (χ2n) is 4.39. The molecule has 1 atom stereocenters. The highest BCUT2D eigenvalue weighted by Gasteiger charge is 2.15. The minimum absolute atomic E-state index is 0.118. The molecule has 0 fully saturated rings. The summed E-state index contributed by atoms with van der Waals surface area (Å²) >= 11 is 1.66. The summed E-state index contributed by atoms with van der Waals surface area (Å²) < 4.78 is 22.8. The van der Waals surface area contributed by atoms with Crippen molar-refractivity contribution < 1.29 is 8.42 Å². The van der Waals surface area contributed by atoms with E-state index < -0.39 is 9.84 Å². The fourth-order valence-electron chi connectivity index (χ4n) is 1.86. The van der Waals surface area contributed by atoms with E-state index in [1.807, 2.05) is 19.1 Å². The van der Waals surface area contributed by atoms with Crippen LogP contribution in [-0.4, -0.2) is 14.7 Å². The van der Waals surface area contributed by atoms with Gasteiger partial charge in [-0.25, -0.2) is 13.8 Å². The van der Waals surface area contributed by atoms with Crippen molar-refractivity contribution in [3.8, 4) is 0 Å². The first kappa shape index (κ1) is 14.2. The van der Waals surface area contributed by atoms with Crippen molar-refractivity contribution in [3.63, 3.8) is 0 Å². The van der Waals surface area contributed by atoms with Crippen LogP contribution in [0, 0.1) is 6.92 Å². The molecule has 0 aliphatic heterocycles. The van der Waals surface area contributed by atoms with Crippen molar-refractivity contribution >= 4 is 21.2 Å². The molecule has 2 aromatic rings. The van der Waals surface area contributed by atoms with E-state index in [9.17, 15) is 8.42 Å². The average molecular weight is 296 g/mol. The SMILES string of the molecule is Cc1ccc(C(NN)c2ccc(S(C)(=O)=O)cc2)s1. The number of thiophene rings is 1. The molecule has 0 spiro atoms. The predicted octanol–water partition coefficient (Wildman–Crippen LogP) is 2.01. The maximum absolute atomic E-state index is 11.4. The van der Waals surface area contributed by atoms with Gasteiger partial charge in [0.15, 0.2) is 9.84 Å². The molecule has 0 aliphatic rings. The summed E-state index contributed by atoms with van der Waals surface area (Å²) in [5, 5.41) is 0. The van der Waals surface area contributed by atoms with E-state index in [4.69, 9.17) is 5.84 Å². The summed E-state index contributed by atoms with van der Waals surface area (Å²) in [5.41, 5.74) is 3.71. The van der Waals surface area contributed by atoms with Gasteiger partial charge < -0.3 is 0 Å². The summed E-state index contributed by atoms with van der Waals surface area (Å²) in [6.07, 6.45) is 1.20. The Hall–Kier alpha value is -1.21. The normalized spacial score (nSPS) is 13.4. The van der Waals surface area contributed by atoms with Crippen molar-refractivity contribution in [3.05, 3.63) is 51.7 Å². The van der Waals surface area contributed by atoms with Gasteiger partial charge in [0.25, 0.3) is 0 Å². The number of aryl methyl sites for hydroxylation is 1. The van der Waals surface area contributed by atoms with Crippen LogP contribution in [0.3, 0.4) is 0 Å². The molecule has 0 amide bonds. The minimum Gasteiger partial charge on any atom is -0.271 e. The highest BCUT2D eigenvalue weighted by Crippen LogP contribution is 2.28. The number of nitrogens with one attached hydrogen (secondary N) is 1. The van der Waals surface area contributed by atoms with Gasteiger partial charge in [-0.2, -0.15) is 0 Å². The van der Waals surface area contributed by atoms with Crippen LogP contribution in [0.15, 0.2) is 41.3 Å². The zero-order chi connectivity index (χ0) is 14.0. The Morgan fingerprint density at radius 2 is 1.79 bits per heavy atom. The van der Waals surface area contributed by atoms with Gasteiger partial charge in [-0.05, 0) is 36.8 Å². The quantitative estimate of drug-likeness (QED) is 0.669. The lowest BCUT2D eigenvalue weighted by Crippen LogP contribution is -2.28. The van der Waals surface area contributed by atoms with E-state index in [1.165, 1.54) is 11.1 Å². The lowest BCUT2D eigenvalue weighted by atomic mass is 10.1. The molecule has 0 bridgehead atoms. The van der Waals surface area contributed by atoms with Crippen LogP contribution < -0.4 is 11.3 Å². The monoisotopic (exact) mass is 296 g/mol. The van der Waals surface area contributed by atoms with E-state index in [0.717, 1.165) is 10.4 Å². The molecule has 0 radical (unpaired) electrons. The fourth-order valence-corrected chi connectivity index (χ4v) is 3.46. The Bertz CT molecular complexity index is 660. The lowest BCUT2D eigenvalue weighted by molar-refractivity contribution is 0.601. The van der Waals surface area contributed by atoms with Crippen molar-refractivity contribution in [2.24, 2.45) is 5.84 Å². The Kier molecular flexibility index (Phi) is 4.05. The van der Waals surface area contributed by atoms with Crippen LogP contribution in [0.1, 0.15) is 21.4 Å². The summed E-state index contributed by atoms with van der Waals surface area (Å²) in [7, 11) is -3.16. The fraction of sp³-hybridized carbons (Fsp3) is 0.231. The van der Waals surface area contributed by atoms with Crippen LogP contribution in [-0.2, 0) is 9.84 Å². The molecule has 1 aromatic heterocycles. The largest absolute Gasteiger partial charge is 0.271 e. The summed E-state index contributed by atoms with van der Waals surface area (Å²) in [6, 6.07) is 10.7. The second-order valence-corrected chi connectivity index (χ2v) is 7.72. The third-order valence-corrected chi connectivity index (χ3v) is 5.05. The molecule has 0 saturated heterocycles. The number of rotatable bonds is 4. The first-order chi connectivity index (χ1) is 8.91. The molecule has 19 heavy (non-hydrogen) atoms. The number of hydrogen-bond acceptors (Lipinski definition) is 5. The maximum Gasteiger partial charge on any atom is 0.175 e. The van der Waals surface area contributed by atoms with Crippen molar-refractivity contribution in [1.82, 2.24) is 5.43 Å². The number of hydrazine groups is 1. The van der Waals surface area contributed by atoms with E-state index in [2.05, 4.69) is 5.43 Å². The van der Waals surface area contributed by atoms with Crippen molar-refractivity contribution in [1.29, 1.82) is 0 Å². The zero-order valence-electron chi connectivity index (χ0n) is 10.8. The summed E-state index contributed by atoms with van der Waals surface area (Å²) in [6.45, 7) is 2.04. The Balaban J connectivity index is 2.35. The molecule has 6 heteroatoms. The molecule has 1 unspecified atom stereocenters. The molecule has 1 heterocycles. The average Bonchev–Trinajstić information content (AvgIpc) is 2.76. The molecule has 102 valence electrons. The van der Waals surface area contributed by atoms with Gasteiger partial charge in [0.05, 0.1) is 10.9 Å². The molecule has 3 N–H and O–H groups in total.